The summed E-state index contributed by atoms with van der Waals surface area (Å²) in [6, 6.07) is 0. The standard InChI is InChI=1S/C69H130O6/c1-4-7-10-13-16-19-22-25-28-31-33-34-35-37-38-41-44-47-50-53-56-59-62-68(71)74-65-66(64-73-67(70)61-58-55-52-49-46-43-40-30-27-24-21-18-15-12-9-6-3)75-69(72)63-60-57-54-51-48-45-42-39-36-32-29-26-23-20-17-14-11-8-5-2/h21,24,30,40,66H,4-20,22-23,25-29,31-39,41-65H2,1-3H3/b24-21-,40-30-. The quantitative estimate of drug-likeness (QED) is 0.0261. The monoisotopic (exact) mass is 1050 g/mol. The van der Waals surface area contributed by atoms with Crippen molar-refractivity contribution in [2.45, 2.75) is 386 Å². The third kappa shape index (κ3) is 62.6. The van der Waals surface area contributed by atoms with Gasteiger partial charge in [-0.05, 0) is 51.4 Å². The normalized spacial score (nSPS) is 12.1. The van der Waals surface area contributed by atoms with Crippen molar-refractivity contribution in [3.63, 3.8) is 0 Å². The summed E-state index contributed by atoms with van der Waals surface area (Å²) in [6.07, 6.45) is 77.6. The molecule has 0 spiro atoms. The Morgan fingerprint density at radius 1 is 0.267 bits per heavy atom. The maximum Gasteiger partial charge on any atom is 0.306 e. The lowest BCUT2D eigenvalue weighted by molar-refractivity contribution is -0.167. The first-order chi connectivity index (χ1) is 37.0. The second kappa shape index (κ2) is 64.4. The van der Waals surface area contributed by atoms with E-state index in [4.69, 9.17) is 14.2 Å². The molecular formula is C69H130O6. The summed E-state index contributed by atoms with van der Waals surface area (Å²) >= 11 is 0. The molecule has 0 radical (unpaired) electrons. The van der Waals surface area contributed by atoms with Crippen LogP contribution in [-0.4, -0.2) is 37.2 Å². The predicted octanol–water partition coefficient (Wildman–Crippen LogP) is 23.0. The minimum absolute atomic E-state index is 0.0693. The van der Waals surface area contributed by atoms with E-state index < -0.39 is 6.10 Å². The average molecular weight is 1060 g/mol. The number of hydrogen-bond donors (Lipinski definition) is 0. The number of esters is 3. The van der Waals surface area contributed by atoms with Gasteiger partial charge >= 0.3 is 17.9 Å². The van der Waals surface area contributed by atoms with Gasteiger partial charge in [0.2, 0.25) is 0 Å². The van der Waals surface area contributed by atoms with E-state index in [1.165, 1.54) is 263 Å². The molecule has 0 saturated carbocycles. The Balaban J connectivity index is 4.29. The van der Waals surface area contributed by atoms with Crippen molar-refractivity contribution >= 4 is 17.9 Å². The highest BCUT2D eigenvalue weighted by molar-refractivity contribution is 5.71. The zero-order valence-corrected chi connectivity index (χ0v) is 50.8. The number of ether oxygens (including phenoxy) is 3. The van der Waals surface area contributed by atoms with Gasteiger partial charge in [0, 0.05) is 19.3 Å². The van der Waals surface area contributed by atoms with Gasteiger partial charge in [-0.25, -0.2) is 0 Å². The largest absolute Gasteiger partial charge is 0.462 e. The van der Waals surface area contributed by atoms with Gasteiger partial charge in [-0.3, -0.25) is 14.4 Å². The average Bonchev–Trinajstić information content (AvgIpc) is 3.41. The van der Waals surface area contributed by atoms with Crippen LogP contribution in [0, 0.1) is 0 Å². The lowest BCUT2D eigenvalue weighted by Gasteiger charge is -2.18. The maximum absolute atomic E-state index is 12.9. The molecule has 0 fully saturated rings. The smallest absolute Gasteiger partial charge is 0.306 e. The highest BCUT2D eigenvalue weighted by atomic mass is 16.6. The molecule has 442 valence electrons. The number of allylic oxidation sites excluding steroid dienone is 4. The zero-order valence-electron chi connectivity index (χ0n) is 50.8. The van der Waals surface area contributed by atoms with E-state index in [0.29, 0.717) is 19.3 Å². The van der Waals surface area contributed by atoms with Gasteiger partial charge in [-0.2, -0.15) is 0 Å². The topological polar surface area (TPSA) is 78.9 Å². The lowest BCUT2D eigenvalue weighted by atomic mass is 10.0. The Kier molecular flexibility index (Phi) is 62.6. The van der Waals surface area contributed by atoms with Gasteiger partial charge in [0.05, 0.1) is 0 Å². The molecule has 0 aliphatic heterocycles. The molecule has 75 heavy (non-hydrogen) atoms. The van der Waals surface area contributed by atoms with Gasteiger partial charge in [-0.15, -0.1) is 0 Å². The van der Waals surface area contributed by atoms with E-state index in [1.54, 1.807) is 0 Å². The number of carbonyl (C=O) groups excluding carboxylic acids is 3. The van der Waals surface area contributed by atoms with Crippen molar-refractivity contribution < 1.29 is 28.6 Å². The third-order valence-electron chi connectivity index (χ3n) is 15.5. The van der Waals surface area contributed by atoms with Crippen LogP contribution in [0.5, 0.6) is 0 Å². The molecule has 6 nitrogen and oxygen atoms in total. The molecule has 1 unspecified atom stereocenters. The molecule has 0 aliphatic carbocycles. The van der Waals surface area contributed by atoms with Crippen LogP contribution in [0.4, 0.5) is 0 Å². The van der Waals surface area contributed by atoms with Crippen LogP contribution in [0.15, 0.2) is 24.3 Å². The van der Waals surface area contributed by atoms with Crippen molar-refractivity contribution in [2.75, 3.05) is 13.2 Å². The number of hydrogen-bond acceptors (Lipinski definition) is 6. The molecule has 6 heteroatoms. The molecule has 0 aromatic heterocycles. The van der Waals surface area contributed by atoms with Gasteiger partial charge < -0.3 is 14.2 Å². The van der Waals surface area contributed by atoms with Crippen LogP contribution in [0.3, 0.4) is 0 Å². The summed E-state index contributed by atoms with van der Waals surface area (Å²) < 4.78 is 17.0. The van der Waals surface area contributed by atoms with Gasteiger partial charge in [0.1, 0.15) is 13.2 Å². The Morgan fingerprint density at radius 3 is 0.747 bits per heavy atom. The maximum atomic E-state index is 12.9. The molecule has 0 saturated heterocycles. The number of rotatable bonds is 63. The molecule has 0 amide bonds. The van der Waals surface area contributed by atoms with Crippen molar-refractivity contribution in [2.24, 2.45) is 0 Å². The van der Waals surface area contributed by atoms with Crippen LogP contribution in [0.25, 0.3) is 0 Å². The minimum atomic E-state index is -0.774. The molecule has 0 aromatic carbocycles. The first kappa shape index (κ1) is 72.9. The molecular weight excluding hydrogens is 925 g/mol. The van der Waals surface area contributed by atoms with Gasteiger partial charge in [0.25, 0.3) is 0 Å². The summed E-state index contributed by atoms with van der Waals surface area (Å²) in [5, 5.41) is 0. The minimum Gasteiger partial charge on any atom is -0.462 e. The molecule has 0 N–H and O–H groups in total. The summed E-state index contributed by atoms with van der Waals surface area (Å²) in [5.74, 6) is -0.852. The first-order valence-corrected chi connectivity index (χ1v) is 33.8. The fourth-order valence-corrected chi connectivity index (χ4v) is 10.4. The van der Waals surface area contributed by atoms with Crippen LogP contribution >= 0.6 is 0 Å². The Hall–Kier alpha value is -2.11. The molecule has 0 aliphatic rings. The van der Waals surface area contributed by atoms with Crippen LogP contribution in [0.2, 0.25) is 0 Å². The fraction of sp³-hybridized carbons (Fsp3) is 0.899. The Morgan fingerprint density at radius 2 is 0.480 bits per heavy atom. The zero-order chi connectivity index (χ0) is 54.3. The molecule has 0 rings (SSSR count). The van der Waals surface area contributed by atoms with E-state index in [2.05, 4.69) is 45.1 Å². The molecule has 0 bridgehead atoms. The molecule has 0 heterocycles. The van der Waals surface area contributed by atoms with E-state index >= 15 is 0 Å². The predicted molar refractivity (Wildman–Crippen MR) is 326 cm³/mol. The lowest BCUT2D eigenvalue weighted by Crippen LogP contribution is -2.30. The summed E-state index contributed by atoms with van der Waals surface area (Å²) in [7, 11) is 0. The second-order valence-electron chi connectivity index (χ2n) is 23.1. The number of carbonyl (C=O) groups is 3. The summed E-state index contributed by atoms with van der Waals surface area (Å²) in [5.41, 5.74) is 0. The fourth-order valence-electron chi connectivity index (χ4n) is 10.4. The second-order valence-corrected chi connectivity index (χ2v) is 23.1. The van der Waals surface area contributed by atoms with Crippen molar-refractivity contribution in [3.05, 3.63) is 24.3 Å². The third-order valence-corrected chi connectivity index (χ3v) is 15.5. The van der Waals surface area contributed by atoms with E-state index in [1.807, 2.05) is 0 Å². The molecule has 1 atom stereocenters. The summed E-state index contributed by atoms with van der Waals surface area (Å²) in [4.78, 5) is 38.4. The van der Waals surface area contributed by atoms with Gasteiger partial charge in [-0.1, -0.05) is 334 Å². The van der Waals surface area contributed by atoms with Crippen molar-refractivity contribution in [1.82, 2.24) is 0 Å². The van der Waals surface area contributed by atoms with Crippen LogP contribution in [0.1, 0.15) is 380 Å². The molecule has 0 aromatic rings. The highest BCUT2D eigenvalue weighted by Crippen LogP contribution is 2.18. The van der Waals surface area contributed by atoms with E-state index in [-0.39, 0.29) is 31.1 Å². The van der Waals surface area contributed by atoms with Crippen LogP contribution < -0.4 is 0 Å². The summed E-state index contributed by atoms with van der Waals surface area (Å²) in [6.45, 7) is 6.69. The van der Waals surface area contributed by atoms with Crippen LogP contribution in [-0.2, 0) is 28.6 Å². The van der Waals surface area contributed by atoms with Crippen molar-refractivity contribution in [3.8, 4) is 0 Å². The van der Waals surface area contributed by atoms with E-state index in [9.17, 15) is 14.4 Å². The van der Waals surface area contributed by atoms with Crippen molar-refractivity contribution in [1.29, 1.82) is 0 Å². The highest BCUT2D eigenvalue weighted by Gasteiger charge is 2.19. The van der Waals surface area contributed by atoms with E-state index in [0.717, 1.165) is 77.0 Å². The first-order valence-electron chi connectivity index (χ1n) is 33.8. The Bertz CT molecular complexity index is 1210. The SMILES string of the molecule is CCCCCC/C=C\C/C=C\CCCCCCCC(=O)OCC(COC(=O)CCCCCCCCCCCCCCCCCCCCCCCC)OC(=O)CCCCCCCCCCCCCCCCCCCCC. The Labute approximate surface area is 468 Å². The number of unbranched alkanes of at least 4 members (excludes halogenated alkanes) is 48. The van der Waals surface area contributed by atoms with Gasteiger partial charge in [0.15, 0.2) is 6.10 Å².